The van der Waals surface area contributed by atoms with Crippen molar-refractivity contribution in [1.82, 2.24) is 15.1 Å². The summed E-state index contributed by atoms with van der Waals surface area (Å²) in [5.74, 6) is -3.60. The molecule has 0 aromatic heterocycles. The number of hydrogen-bond acceptors (Lipinski definition) is 7. The Bertz CT molecular complexity index is 1580. The van der Waals surface area contributed by atoms with Crippen molar-refractivity contribution in [2.45, 2.75) is 94.9 Å². The zero-order chi connectivity index (χ0) is 34.7. The topological polar surface area (TPSA) is 125 Å². The first-order valence-corrected chi connectivity index (χ1v) is 17.5. The summed E-state index contributed by atoms with van der Waals surface area (Å²) in [6, 6.07) is 16.2. The third-order valence-corrected chi connectivity index (χ3v) is 10.5. The zero-order valence-corrected chi connectivity index (χ0v) is 28.4. The highest BCUT2D eigenvalue weighted by molar-refractivity contribution is 5.99. The number of ether oxygens (including phenoxy) is 2. The molecular formula is C39H47N3O7. The number of amides is 3. The van der Waals surface area contributed by atoms with Crippen LogP contribution in [-0.2, 0) is 35.1 Å². The molecule has 4 heterocycles. The van der Waals surface area contributed by atoms with Crippen LogP contribution in [0.1, 0.15) is 63.7 Å². The molecule has 2 saturated heterocycles. The first kappa shape index (κ1) is 34.6. The highest BCUT2D eigenvalue weighted by Gasteiger charge is 2.74. The zero-order valence-electron chi connectivity index (χ0n) is 28.4. The maximum Gasteiger partial charge on any atom is 0.313 e. The maximum absolute atomic E-state index is 15.0. The van der Waals surface area contributed by atoms with Crippen LogP contribution >= 0.6 is 0 Å². The Balaban J connectivity index is 1.45. The summed E-state index contributed by atoms with van der Waals surface area (Å²) < 4.78 is 12.9. The van der Waals surface area contributed by atoms with Crippen LogP contribution in [0.3, 0.4) is 0 Å². The summed E-state index contributed by atoms with van der Waals surface area (Å²) in [6.07, 6.45) is 8.31. The fraction of sp³-hybridized carbons (Fsp3) is 0.487. The molecular weight excluding hydrogens is 622 g/mol. The number of cyclic esters (lactones) is 1. The van der Waals surface area contributed by atoms with Crippen molar-refractivity contribution in [3.05, 3.63) is 96.1 Å². The number of rotatable bonds is 8. The molecule has 4 aliphatic heterocycles. The predicted octanol–water partition coefficient (Wildman–Crippen LogP) is 3.90. The summed E-state index contributed by atoms with van der Waals surface area (Å²) in [5.41, 5.74) is 0.186. The molecule has 1 spiro atoms. The summed E-state index contributed by atoms with van der Waals surface area (Å²) in [5, 5.41) is 13.8. The van der Waals surface area contributed by atoms with Gasteiger partial charge < -0.3 is 29.7 Å². The minimum Gasteiger partial charge on any atom is -0.455 e. The van der Waals surface area contributed by atoms with Crippen LogP contribution in [0, 0.1) is 11.8 Å². The van der Waals surface area contributed by atoms with Gasteiger partial charge in [0.2, 0.25) is 17.7 Å². The van der Waals surface area contributed by atoms with Crippen LogP contribution in [0.25, 0.3) is 0 Å². The first-order chi connectivity index (χ1) is 23.7. The van der Waals surface area contributed by atoms with E-state index in [9.17, 15) is 19.5 Å². The molecule has 1 unspecified atom stereocenters. The minimum absolute atomic E-state index is 0.169. The number of esters is 1. The maximum atomic E-state index is 15.0. The summed E-state index contributed by atoms with van der Waals surface area (Å²) in [6.45, 7) is 5.73. The fourth-order valence-electron chi connectivity index (χ4n) is 8.13. The molecule has 2 aromatic carbocycles. The molecule has 0 aliphatic carbocycles. The Labute approximate surface area is 288 Å². The molecule has 2 fully saturated rings. The van der Waals surface area contributed by atoms with Crippen molar-refractivity contribution in [2.24, 2.45) is 11.8 Å². The van der Waals surface area contributed by atoms with Gasteiger partial charge in [-0.15, -0.1) is 0 Å². The van der Waals surface area contributed by atoms with Crippen LogP contribution in [0.5, 0.6) is 0 Å². The molecule has 6 rings (SSSR count). The molecule has 3 amide bonds. The number of hydrogen-bond donors (Lipinski definition) is 2. The standard InChI is InChI=1S/C39H47N3O7/c1-4-14-25(2)41-22-13-7-12-19-31(44)40-26(3)34(28-17-10-6-11-18-28)48-38(47)32-30-20-21-39(49-30)33(32)36(45)42(35(39)37(41)46)29(24-43)23-27-15-8-5-9-16-27/h5-11,13,15-18,20-21,25-26,29-30,32-35,43H,4,12,14,19,22-24H2,1-3H3,(H,40,44)/b13-7-/t25?,26-,29-,30+,32-,33-,34+,35+,39-/m1/s1. The van der Waals surface area contributed by atoms with E-state index >= 15 is 4.79 Å². The molecule has 260 valence electrons. The van der Waals surface area contributed by atoms with E-state index < -0.39 is 59.6 Å². The lowest BCUT2D eigenvalue weighted by Gasteiger charge is -2.40. The SMILES string of the molecule is CCCC(C)N1C/C=C\CCC(=O)N[C@H](C)[C@@H](c2ccccc2)OC(=O)[C@@H]2[C@@H]3C=C[C@]4(O3)[C@H](C1=O)N([C@@H](CO)Cc1ccccc1)C(=O)[C@@H]24. The number of allylic oxidation sites excluding steroid dienone is 1. The lowest BCUT2D eigenvalue weighted by Crippen LogP contribution is -2.60. The molecule has 10 nitrogen and oxygen atoms in total. The normalized spacial score (nSPS) is 32.1. The van der Waals surface area contributed by atoms with E-state index in [1.54, 1.807) is 24.0 Å². The van der Waals surface area contributed by atoms with Gasteiger partial charge in [0, 0.05) is 19.0 Å². The van der Waals surface area contributed by atoms with E-state index in [0.717, 1.165) is 18.4 Å². The van der Waals surface area contributed by atoms with Crippen molar-refractivity contribution in [3.63, 3.8) is 0 Å². The fourth-order valence-corrected chi connectivity index (χ4v) is 8.13. The Kier molecular flexibility index (Phi) is 10.4. The van der Waals surface area contributed by atoms with E-state index in [4.69, 9.17) is 9.47 Å². The second-order valence-electron chi connectivity index (χ2n) is 13.7. The average molecular weight is 670 g/mol. The van der Waals surface area contributed by atoms with Crippen molar-refractivity contribution in [1.29, 1.82) is 0 Å². The van der Waals surface area contributed by atoms with Gasteiger partial charge >= 0.3 is 5.97 Å². The van der Waals surface area contributed by atoms with Crippen molar-refractivity contribution >= 4 is 23.7 Å². The van der Waals surface area contributed by atoms with Gasteiger partial charge in [-0.05, 0) is 44.2 Å². The molecule has 2 aromatic rings. The van der Waals surface area contributed by atoms with E-state index in [-0.39, 0.29) is 37.4 Å². The summed E-state index contributed by atoms with van der Waals surface area (Å²) in [7, 11) is 0. The largest absolute Gasteiger partial charge is 0.455 e. The number of benzene rings is 2. The van der Waals surface area contributed by atoms with Gasteiger partial charge in [0.15, 0.2) is 0 Å². The van der Waals surface area contributed by atoms with Crippen LogP contribution in [0.15, 0.2) is 85.0 Å². The first-order valence-electron chi connectivity index (χ1n) is 17.5. The van der Waals surface area contributed by atoms with E-state index in [1.165, 1.54) is 4.90 Å². The second kappa shape index (κ2) is 14.7. The average Bonchev–Trinajstić information content (AvgIpc) is 3.75. The number of carbonyl (C=O) groups is 4. The molecule has 9 atom stereocenters. The highest BCUT2D eigenvalue weighted by atomic mass is 16.6. The molecule has 10 heteroatoms. The van der Waals surface area contributed by atoms with E-state index in [2.05, 4.69) is 12.2 Å². The smallest absolute Gasteiger partial charge is 0.313 e. The van der Waals surface area contributed by atoms with Gasteiger partial charge in [-0.1, -0.05) is 98.3 Å². The van der Waals surface area contributed by atoms with Crippen molar-refractivity contribution in [2.75, 3.05) is 13.2 Å². The van der Waals surface area contributed by atoms with Crippen LogP contribution in [0.4, 0.5) is 0 Å². The Morgan fingerprint density at radius 3 is 2.41 bits per heavy atom. The Hall–Kier alpha value is -4.28. The Morgan fingerprint density at radius 1 is 1.00 bits per heavy atom. The van der Waals surface area contributed by atoms with Crippen LogP contribution in [0.2, 0.25) is 0 Å². The van der Waals surface area contributed by atoms with Gasteiger partial charge in [0.25, 0.3) is 0 Å². The van der Waals surface area contributed by atoms with Gasteiger partial charge in [0.05, 0.1) is 30.7 Å². The number of nitrogens with one attached hydrogen (secondary N) is 1. The quantitative estimate of drug-likeness (QED) is 0.323. The monoisotopic (exact) mass is 669 g/mol. The number of nitrogens with zero attached hydrogens (tertiary/aromatic N) is 2. The van der Waals surface area contributed by atoms with Gasteiger partial charge in [-0.2, -0.15) is 0 Å². The predicted molar refractivity (Wildman–Crippen MR) is 183 cm³/mol. The minimum atomic E-state index is -1.42. The van der Waals surface area contributed by atoms with E-state index in [0.29, 0.717) is 18.4 Å². The second-order valence-corrected chi connectivity index (χ2v) is 13.7. The van der Waals surface area contributed by atoms with Crippen molar-refractivity contribution < 1.29 is 33.8 Å². The molecule has 0 radical (unpaired) electrons. The lowest BCUT2D eigenvalue weighted by atomic mass is 9.74. The summed E-state index contributed by atoms with van der Waals surface area (Å²) in [4.78, 5) is 60.4. The molecule has 2 N–H and O–H groups in total. The van der Waals surface area contributed by atoms with Crippen LogP contribution in [-0.4, -0.2) is 87.6 Å². The summed E-state index contributed by atoms with van der Waals surface area (Å²) >= 11 is 0. The number of likely N-dealkylation sites (tertiary alicyclic amines) is 1. The Morgan fingerprint density at radius 2 is 1.71 bits per heavy atom. The number of fused-ring (bicyclic) bond motifs is 2. The number of aliphatic hydroxyl groups is 1. The lowest BCUT2D eigenvalue weighted by molar-refractivity contribution is -0.162. The molecule has 5 bridgehead atoms. The third-order valence-electron chi connectivity index (χ3n) is 10.5. The number of aliphatic hydroxyl groups excluding tert-OH is 1. The van der Waals surface area contributed by atoms with Crippen LogP contribution < -0.4 is 5.32 Å². The number of carbonyl (C=O) groups excluding carboxylic acids is 4. The van der Waals surface area contributed by atoms with E-state index in [1.807, 2.05) is 79.7 Å². The highest BCUT2D eigenvalue weighted by Crippen LogP contribution is 2.56. The van der Waals surface area contributed by atoms with Gasteiger partial charge in [-0.3, -0.25) is 19.2 Å². The molecule has 0 saturated carbocycles. The molecule has 49 heavy (non-hydrogen) atoms. The molecule has 4 aliphatic rings. The van der Waals surface area contributed by atoms with Gasteiger partial charge in [0.1, 0.15) is 23.7 Å². The third kappa shape index (κ3) is 6.56. The van der Waals surface area contributed by atoms with Crippen molar-refractivity contribution in [3.8, 4) is 0 Å². The van der Waals surface area contributed by atoms with Gasteiger partial charge in [-0.25, -0.2) is 0 Å².